The highest BCUT2D eigenvalue weighted by Crippen LogP contribution is 2.73. The van der Waals surface area contributed by atoms with Gasteiger partial charge in [0.25, 0.3) is 0 Å². The summed E-state index contributed by atoms with van der Waals surface area (Å²) in [5.41, 5.74) is 0.0819. The molecule has 12 fully saturated rings. The summed E-state index contributed by atoms with van der Waals surface area (Å²) in [6.07, 6.45) is 23.9. The minimum atomic E-state index is -0.736. The molecule has 0 radical (unpaired) electrons. The Labute approximate surface area is 573 Å². The largest absolute Gasteiger partial charge is 0.481 e. The molecule has 0 aromatic carbocycles. The van der Waals surface area contributed by atoms with Crippen molar-refractivity contribution < 1.29 is 74.2 Å². The lowest BCUT2D eigenvalue weighted by atomic mass is 9.43. The van der Waals surface area contributed by atoms with E-state index < -0.39 is 17.9 Å². The number of ether oxygens (including phenoxy) is 4. The molecular weight excluding hydrogens is 1200 g/mol. The average Bonchev–Trinajstić information content (AvgIpc) is 1.70. The first-order chi connectivity index (χ1) is 44.9. The second kappa shape index (κ2) is 30.2. The fourth-order valence-corrected chi connectivity index (χ4v) is 27.5. The number of hydrogen-bond acceptors (Lipinski definition) is 12. The van der Waals surface area contributed by atoms with Crippen molar-refractivity contribution in [2.45, 2.75) is 318 Å². The topological polar surface area (TPSA) is 250 Å². The van der Waals surface area contributed by atoms with Crippen LogP contribution in [0.15, 0.2) is 0 Å². The van der Waals surface area contributed by atoms with Gasteiger partial charge in [0.2, 0.25) is 0 Å². The molecule has 33 unspecified atom stereocenters. The van der Waals surface area contributed by atoms with E-state index in [4.69, 9.17) is 24.1 Å². The minimum absolute atomic E-state index is 0.139. The highest BCUT2D eigenvalue weighted by molar-refractivity contribution is 5.67. The van der Waals surface area contributed by atoms with Crippen LogP contribution in [0.4, 0.5) is 0 Å². The fraction of sp³-hybridized carbons (Fsp3) is 0.963. The van der Waals surface area contributed by atoms with E-state index in [0.717, 1.165) is 148 Å². The van der Waals surface area contributed by atoms with E-state index in [9.17, 15) is 50.1 Å². The van der Waals surface area contributed by atoms with Gasteiger partial charge in [0.15, 0.2) is 0 Å². The molecule has 8 N–H and O–H groups in total. The monoisotopic (exact) mass is 1340 g/mol. The van der Waals surface area contributed by atoms with Crippen LogP contribution in [0.5, 0.6) is 0 Å². The number of carboxylic acid groups (broad SMARTS) is 3. The van der Waals surface area contributed by atoms with Gasteiger partial charge >= 0.3 is 17.9 Å². The Balaban J connectivity index is 0.000000155. The van der Waals surface area contributed by atoms with E-state index in [1.807, 2.05) is 0 Å². The quantitative estimate of drug-likeness (QED) is 0.0564. The molecule has 546 valence electrons. The van der Waals surface area contributed by atoms with Crippen molar-refractivity contribution in [1.82, 2.24) is 0 Å². The number of hydrogen-bond donors (Lipinski definition) is 8. The summed E-state index contributed by atoms with van der Waals surface area (Å²) in [6.45, 7) is 32.2. The summed E-state index contributed by atoms with van der Waals surface area (Å²) in [5.74, 6) is 5.11. The highest BCUT2D eigenvalue weighted by atomic mass is 16.5. The Bertz CT molecular complexity index is 2560. The Morgan fingerprint density at radius 2 is 0.695 bits per heavy atom. The number of aliphatic hydroxyl groups excluding tert-OH is 5. The zero-order chi connectivity index (χ0) is 69.1. The fourth-order valence-electron chi connectivity index (χ4n) is 27.5. The molecule has 12 saturated carbocycles. The van der Waals surface area contributed by atoms with Crippen LogP contribution >= 0.6 is 0 Å². The van der Waals surface area contributed by atoms with Crippen LogP contribution < -0.4 is 0 Å². The predicted molar refractivity (Wildman–Crippen MR) is 368 cm³/mol. The van der Waals surface area contributed by atoms with Crippen molar-refractivity contribution >= 4 is 17.9 Å². The van der Waals surface area contributed by atoms with Gasteiger partial charge < -0.3 is 59.8 Å². The van der Waals surface area contributed by atoms with Gasteiger partial charge in [-0.15, -0.1) is 0 Å². The van der Waals surface area contributed by atoms with E-state index >= 15 is 0 Å². The Hall–Kier alpha value is -1.95. The molecule has 15 heteroatoms. The summed E-state index contributed by atoms with van der Waals surface area (Å²) >= 11 is 0. The van der Waals surface area contributed by atoms with Gasteiger partial charge in [0, 0.05) is 45.7 Å². The summed E-state index contributed by atoms with van der Waals surface area (Å²) in [6, 6.07) is 0. The zero-order valence-corrected chi connectivity index (χ0v) is 61.4. The third kappa shape index (κ3) is 13.9. The molecule has 12 aliphatic rings. The maximum Gasteiger partial charge on any atom is 0.303 e. The van der Waals surface area contributed by atoms with Gasteiger partial charge in [-0.05, 0) is 321 Å². The van der Waals surface area contributed by atoms with Crippen LogP contribution in [0.1, 0.15) is 263 Å². The maximum absolute atomic E-state index is 11.7. The van der Waals surface area contributed by atoms with Gasteiger partial charge in [-0.2, -0.15) is 0 Å². The third-order valence-corrected chi connectivity index (χ3v) is 32.5. The molecule has 0 aliphatic heterocycles. The lowest BCUT2D eigenvalue weighted by Gasteiger charge is -2.64. The van der Waals surface area contributed by atoms with E-state index in [2.05, 4.69) is 90.0 Å². The lowest BCUT2D eigenvalue weighted by Crippen LogP contribution is -2.62. The first-order valence-electron chi connectivity index (χ1n) is 39.4. The molecule has 0 saturated heterocycles. The third-order valence-electron chi connectivity index (χ3n) is 32.5. The first kappa shape index (κ1) is 75.7. The molecule has 0 spiro atoms. The highest BCUT2D eigenvalue weighted by Gasteiger charge is 2.70. The number of aliphatic carboxylic acids is 3. The van der Waals surface area contributed by atoms with Crippen molar-refractivity contribution in [3.05, 3.63) is 0 Å². The second-order valence-electron chi connectivity index (χ2n) is 36.0. The summed E-state index contributed by atoms with van der Waals surface area (Å²) in [5, 5.41) is 84.3. The van der Waals surface area contributed by atoms with Crippen molar-refractivity contribution in [3.8, 4) is 0 Å². The Morgan fingerprint density at radius 3 is 1.04 bits per heavy atom. The minimum Gasteiger partial charge on any atom is -0.481 e. The number of rotatable bonds is 20. The molecule has 0 heterocycles. The van der Waals surface area contributed by atoms with Gasteiger partial charge in [-0.25, -0.2) is 0 Å². The van der Waals surface area contributed by atoms with E-state index in [1.165, 1.54) is 6.42 Å². The van der Waals surface area contributed by atoms with E-state index in [-0.39, 0.29) is 106 Å². The van der Waals surface area contributed by atoms with Crippen LogP contribution in [0.2, 0.25) is 0 Å². The predicted octanol–water partition coefficient (Wildman–Crippen LogP) is 14.5. The van der Waals surface area contributed by atoms with Crippen molar-refractivity contribution in [2.75, 3.05) is 26.4 Å². The lowest BCUT2D eigenvalue weighted by molar-refractivity contribution is -0.217. The molecule has 12 rings (SSSR count). The standard InChI is InChI=1S/C28H48O5.2C26H44O5/c1-6-32-19-12-13-27(4)18(14-19)15-23(33-7-2)26-21-10-9-20(17(3)8-11-25(30)31)28(21,5)24(29)16-22(26)27;1-5-31-17-10-11-25(3)16(12-17)13-21(27)24-19-8-7-18(15(2)6-9-23(29)30)26(19,4)22(28)14-20(24)25;1-5-31-21-13-16-12-17(27)10-11-25(16,3)20-14-22(28)26(4)18(7-8-19(26)24(20)21)15(2)6-9-23(29)30/h17-24,26,29H,6-16H2,1-5H3,(H,30,31);2*15-22,24,27-28H,5-14H2,1-4H3,(H,29,30). The van der Waals surface area contributed by atoms with Gasteiger partial charge in [-0.1, -0.05) is 62.3 Å². The van der Waals surface area contributed by atoms with Gasteiger partial charge in [0.1, 0.15) is 0 Å². The van der Waals surface area contributed by atoms with E-state index in [0.29, 0.717) is 133 Å². The molecule has 15 nitrogen and oxygen atoms in total. The van der Waals surface area contributed by atoms with Crippen LogP contribution in [-0.4, -0.2) is 140 Å². The van der Waals surface area contributed by atoms with Gasteiger partial charge in [-0.3, -0.25) is 14.4 Å². The van der Waals surface area contributed by atoms with E-state index in [1.54, 1.807) is 0 Å². The molecule has 0 bridgehead atoms. The van der Waals surface area contributed by atoms with Crippen LogP contribution in [0.3, 0.4) is 0 Å². The summed E-state index contributed by atoms with van der Waals surface area (Å²) in [7, 11) is 0. The van der Waals surface area contributed by atoms with Crippen molar-refractivity contribution in [2.24, 2.45) is 139 Å². The Morgan fingerprint density at radius 1 is 0.379 bits per heavy atom. The first-order valence-corrected chi connectivity index (χ1v) is 39.4. The average molecular weight is 1340 g/mol. The molecule has 0 aromatic rings. The van der Waals surface area contributed by atoms with Crippen LogP contribution in [0, 0.1) is 139 Å². The smallest absolute Gasteiger partial charge is 0.303 e. The Kier molecular flexibility index (Phi) is 24.0. The molecule has 95 heavy (non-hydrogen) atoms. The van der Waals surface area contributed by atoms with Crippen LogP contribution in [0.25, 0.3) is 0 Å². The molecule has 33 atom stereocenters. The second-order valence-corrected chi connectivity index (χ2v) is 36.0. The molecular formula is C80H136O15. The van der Waals surface area contributed by atoms with Gasteiger partial charge in [0.05, 0.1) is 54.9 Å². The molecule has 0 amide bonds. The molecule has 0 aromatic heterocycles. The normalized spacial score (nSPS) is 49.5. The number of carbonyl (C=O) groups is 3. The van der Waals surface area contributed by atoms with Crippen molar-refractivity contribution in [1.29, 1.82) is 0 Å². The SMILES string of the molecule is CCOC1CC2CC(O)CCC2(C)C2CC(O)C3(C)C(C(C)CCC(=O)O)CCC3C12.CCOC1CCC2(C)C(C1)CC(O)C1C2CC(O)C2(C)C(C(C)CCC(=O)O)CCC12.CCOC1CCC2(C)C(C1)CC(OCC)C1C2CC(O)C2(C)C(C(C)CCC(=O)O)CCC12. The summed E-state index contributed by atoms with van der Waals surface area (Å²) in [4.78, 5) is 33.5. The van der Waals surface area contributed by atoms with Crippen molar-refractivity contribution in [3.63, 3.8) is 0 Å². The number of fused-ring (bicyclic) bond motifs is 15. The number of aliphatic hydroxyl groups is 5. The summed E-state index contributed by atoms with van der Waals surface area (Å²) < 4.78 is 24.9. The molecule has 12 aliphatic carbocycles. The maximum atomic E-state index is 11.7. The van der Waals surface area contributed by atoms with Crippen LogP contribution in [-0.2, 0) is 33.3 Å². The number of carboxylic acids is 3. The zero-order valence-electron chi connectivity index (χ0n) is 61.4.